The summed E-state index contributed by atoms with van der Waals surface area (Å²) in [5.74, 6) is 0. The quantitative estimate of drug-likeness (QED) is 0.312. The molecule has 0 N–H and O–H groups in total. The van der Waals surface area contributed by atoms with Crippen LogP contribution in [-0.2, 0) is 0 Å². The molecule has 0 saturated heterocycles. The molecule has 4 aromatic carbocycles. The minimum absolute atomic E-state index is 0.108. The van der Waals surface area contributed by atoms with Crippen molar-refractivity contribution in [3.8, 4) is 12.1 Å². The van der Waals surface area contributed by atoms with Gasteiger partial charge in [-0.1, -0.05) is 121 Å². The van der Waals surface area contributed by atoms with Crippen LogP contribution in [-0.4, -0.2) is 0 Å². The van der Waals surface area contributed by atoms with Gasteiger partial charge in [-0.2, -0.15) is 10.5 Å². The van der Waals surface area contributed by atoms with Gasteiger partial charge in [-0.25, -0.2) is 0 Å². The molecule has 0 atom stereocenters. The summed E-state index contributed by atoms with van der Waals surface area (Å²) in [7, 11) is 0. The van der Waals surface area contributed by atoms with Gasteiger partial charge in [0, 0.05) is 16.7 Å². The van der Waals surface area contributed by atoms with Gasteiger partial charge in [-0.3, -0.25) is 0 Å². The smallest absolute Gasteiger partial charge is 0.138 e. The van der Waals surface area contributed by atoms with Crippen molar-refractivity contribution in [2.24, 2.45) is 0 Å². The molecule has 0 heterocycles. The zero-order valence-electron chi connectivity index (χ0n) is 18.4. The summed E-state index contributed by atoms with van der Waals surface area (Å²) in [4.78, 5) is 0. The summed E-state index contributed by atoms with van der Waals surface area (Å²) in [5.41, 5.74) is 8.67. The number of hydrogen-bond acceptors (Lipinski definition) is 2. The van der Waals surface area contributed by atoms with E-state index in [0.29, 0.717) is 5.57 Å². The van der Waals surface area contributed by atoms with Crippen LogP contribution < -0.4 is 0 Å². The van der Waals surface area contributed by atoms with Crippen molar-refractivity contribution in [3.63, 3.8) is 0 Å². The van der Waals surface area contributed by atoms with Gasteiger partial charge in [0.2, 0.25) is 0 Å². The number of allylic oxidation sites excluding steroid dienone is 6. The molecule has 0 spiro atoms. The fourth-order valence-corrected chi connectivity index (χ4v) is 4.59. The van der Waals surface area contributed by atoms with Crippen LogP contribution in [0.3, 0.4) is 0 Å². The van der Waals surface area contributed by atoms with Crippen LogP contribution in [0.15, 0.2) is 132 Å². The van der Waals surface area contributed by atoms with Crippen LogP contribution in [0.2, 0.25) is 0 Å². The molecule has 1 aliphatic carbocycles. The molecule has 158 valence electrons. The highest BCUT2D eigenvalue weighted by Gasteiger charge is 2.34. The Morgan fingerprint density at radius 2 is 0.647 bits per heavy atom. The fourth-order valence-electron chi connectivity index (χ4n) is 4.59. The van der Waals surface area contributed by atoms with Crippen LogP contribution in [0.4, 0.5) is 0 Å². The Morgan fingerprint density at radius 1 is 0.382 bits per heavy atom. The normalized spacial score (nSPS) is 12.9. The van der Waals surface area contributed by atoms with Crippen LogP contribution in [0.5, 0.6) is 0 Å². The monoisotopic (exact) mass is 432 g/mol. The van der Waals surface area contributed by atoms with Crippen LogP contribution in [0.25, 0.3) is 22.3 Å². The molecule has 34 heavy (non-hydrogen) atoms. The molecule has 1 aliphatic rings. The molecular weight excluding hydrogens is 412 g/mol. The second-order valence-electron chi connectivity index (χ2n) is 7.94. The molecule has 0 unspecified atom stereocenters. The first-order valence-electron chi connectivity index (χ1n) is 11.1. The van der Waals surface area contributed by atoms with Crippen LogP contribution >= 0.6 is 0 Å². The molecule has 4 aromatic rings. The highest BCUT2D eigenvalue weighted by atomic mass is 14.4. The number of benzene rings is 4. The lowest BCUT2D eigenvalue weighted by molar-refractivity contribution is 1.44. The standard InChI is InChI=1S/C32H20N2/c33-21-27(22-34)32-30(25-17-9-3-10-18-25)28(23-13-5-1-6-14-23)29(24-15-7-2-8-16-24)31(32)26-19-11-4-12-20-26/h1-20H. The van der Waals surface area contributed by atoms with Crippen molar-refractivity contribution < 1.29 is 0 Å². The number of hydrogen-bond donors (Lipinski definition) is 0. The van der Waals surface area contributed by atoms with Gasteiger partial charge in [0.25, 0.3) is 0 Å². The molecule has 0 fully saturated rings. The molecule has 0 amide bonds. The first kappa shape index (κ1) is 21.0. The van der Waals surface area contributed by atoms with Crippen molar-refractivity contribution in [2.45, 2.75) is 0 Å². The van der Waals surface area contributed by atoms with E-state index in [1.165, 1.54) is 0 Å². The molecule has 0 bridgehead atoms. The Morgan fingerprint density at radius 3 is 0.912 bits per heavy atom. The summed E-state index contributed by atoms with van der Waals surface area (Å²) in [6.07, 6.45) is 0. The lowest BCUT2D eigenvalue weighted by Gasteiger charge is -2.14. The molecule has 0 radical (unpaired) electrons. The van der Waals surface area contributed by atoms with Gasteiger partial charge < -0.3 is 0 Å². The molecule has 2 heteroatoms. The lowest BCUT2D eigenvalue weighted by Crippen LogP contribution is -1.96. The van der Waals surface area contributed by atoms with Crippen molar-refractivity contribution in [1.29, 1.82) is 10.5 Å². The Bertz CT molecular complexity index is 1390. The second kappa shape index (κ2) is 9.29. The van der Waals surface area contributed by atoms with E-state index in [4.69, 9.17) is 0 Å². The lowest BCUT2D eigenvalue weighted by atomic mass is 9.88. The maximum absolute atomic E-state index is 10.1. The molecule has 5 rings (SSSR count). The second-order valence-corrected chi connectivity index (χ2v) is 7.94. The largest absolute Gasteiger partial charge is 0.192 e. The maximum Gasteiger partial charge on any atom is 0.138 e. The van der Waals surface area contributed by atoms with Crippen molar-refractivity contribution in [1.82, 2.24) is 0 Å². The van der Waals surface area contributed by atoms with Crippen molar-refractivity contribution in [2.75, 3.05) is 0 Å². The molecule has 2 nitrogen and oxygen atoms in total. The summed E-state index contributed by atoms with van der Waals surface area (Å²) < 4.78 is 0. The van der Waals surface area contributed by atoms with Gasteiger partial charge in [-0.05, 0) is 33.4 Å². The minimum Gasteiger partial charge on any atom is -0.192 e. The highest BCUT2D eigenvalue weighted by molar-refractivity contribution is 6.35. The van der Waals surface area contributed by atoms with E-state index in [1.807, 2.05) is 97.1 Å². The van der Waals surface area contributed by atoms with Crippen molar-refractivity contribution >= 4 is 22.3 Å². The van der Waals surface area contributed by atoms with Gasteiger partial charge >= 0.3 is 0 Å². The third-order valence-electron chi connectivity index (χ3n) is 5.97. The van der Waals surface area contributed by atoms with E-state index in [1.54, 1.807) is 0 Å². The summed E-state index contributed by atoms with van der Waals surface area (Å²) in [6, 6.07) is 44.9. The molecule has 0 saturated carbocycles. The number of nitrogens with zero attached hydrogens (tertiary/aromatic N) is 2. The zero-order valence-corrected chi connectivity index (χ0v) is 18.4. The third kappa shape index (κ3) is 3.65. The summed E-state index contributed by atoms with van der Waals surface area (Å²) in [5, 5.41) is 20.1. The Balaban J connectivity index is 2.01. The average molecular weight is 433 g/mol. The molecule has 0 aromatic heterocycles. The van der Waals surface area contributed by atoms with Crippen molar-refractivity contribution in [3.05, 3.63) is 155 Å². The van der Waals surface area contributed by atoms with Crippen LogP contribution in [0.1, 0.15) is 22.3 Å². The van der Waals surface area contributed by atoms with Gasteiger partial charge in [0.1, 0.15) is 17.7 Å². The van der Waals surface area contributed by atoms with E-state index in [-0.39, 0.29) is 5.57 Å². The van der Waals surface area contributed by atoms with E-state index in [9.17, 15) is 10.5 Å². The van der Waals surface area contributed by atoms with Gasteiger partial charge in [0.15, 0.2) is 0 Å². The average Bonchev–Trinajstić information content (AvgIpc) is 3.27. The molecular formula is C32H20N2. The maximum atomic E-state index is 10.1. The SMILES string of the molecule is N#CC(C#N)=C1C(c2ccccc2)=C(c2ccccc2)C(c2ccccc2)=C1c1ccccc1. The predicted molar refractivity (Wildman–Crippen MR) is 138 cm³/mol. The van der Waals surface area contributed by atoms with E-state index in [0.717, 1.165) is 44.5 Å². The minimum atomic E-state index is 0.108. The number of rotatable bonds is 4. The zero-order chi connectivity index (χ0) is 23.3. The summed E-state index contributed by atoms with van der Waals surface area (Å²) in [6.45, 7) is 0. The van der Waals surface area contributed by atoms with E-state index >= 15 is 0 Å². The van der Waals surface area contributed by atoms with Gasteiger partial charge in [0.05, 0.1) is 0 Å². The Hall–Kier alpha value is -4.92. The Kier molecular flexibility index (Phi) is 5.73. The number of nitriles is 2. The topological polar surface area (TPSA) is 47.6 Å². The highest BCUT2D eigenvalue weighted by Crippen LogP contribution is 2.55. The first-order valence-corrected chi connectivity index (χ1v) is 11.1. The fraction of sp³-hybridized carbons (Fsp3) is 0. The predicted octanol–water partition coefficient (Wildman–Crippen LogP) is 7.57. The Labute approximate surface area is 199 Å². The van der Waals surface area contributed by atoms with Crippen LogP contribution in [0, 0.1) is 22.7 Å². The summed E-state index contributed by atoms with van der Waals surface area (Å²) >= 11 is 0. The van der Waals surface area contributed by atoms with Gasteiger partial charge in [-0.15, -0.1) is 0 Å². The molecule has 0 aliphatic heterocycles. The first-order chi connectivity index (χ1) is 16.8. The van der Waals surface area contributed by atoms with E-state index in [2.05, 4.69) is 36.4 Å². The third-order valence-corrected chi connectivity index (χ3v) is 5.97. The van der Waals surface area contributed by atoms with E-state index < -0.39 is 0 Å².